The average molecular weight is 366 g/mol. The van der Waals surface area contributed by atoms with Gasteiger partial charge in [-0.2, -0.15) is 0 Å². The van der Waals surface area contributed by atoms with Crippen LogP contribution in [0.1, 0.15) is 56.3 Å². The number of ether oxygens (including phenoxy) is 1. The number of thioether (sulfide) groups is 1. The number of carbonyl (C=O) groups excluding carboxylic acids is 1. The van der Waals surface area contributed by atoms with E-state index in [0.717, 1.165) is 49.7 Å². The maximum atomic E-state index is 12.6. The van der Waals surface area contributed by atoms with Gasteiger partial charge in [0.05, 0.1) is 24.1 Å². The van der Waals surface area contributed by atoms with Crippen molar-refractivity contribution in [1.82, 2.24) is 14.5 Å². The van der Waals surface area contributed by atoms with E-state index in [0.29, 0.717) is 11.8 Å². The van der Waals surface area contributed by atoms with Gasteiger partial charge in [0.2, 0.25) is 5.91 Å². The summed E-state index contributed by atoms with van der Waals surface area (Å²) in [5, 5.41) is 0.955. The Morgan fingerprint density at radius 1 is 1.24 bits per heavy atom. The Morgan fingerprint density at radius 3 is 2.68 bits per heavy atom. The zero-order chi connectivity index (χ0) is 17.8. The highest BCUT2D eigenvalue weighted by molar-refractivity contribution is 7.99. The largest absolute Gasteiger partial charge is 0.376 e. The molecule has 6 heteroatoms. The van der Waals surface area contributed by atoms with Crippen molar-refractivity contribution in [1.29, 1.82) is 0 Å². The Hall–Kier alpha value is -1.01. The molecule has 2 aliphatic rings. The van der Waals surface area contributed by atoms with Gasteiger partial charge in [-0.25, -0.2) is 4.98 Å². The van der Waals surface area contributed by atoms with Gasteiger partial charge in [0.1, 0.15) is 0 Å². The quantitative estimate of drug-likeness (QED) is 0.723. The Bertz CT molecular complexity index is 590. The zero-order valence-electron chi connectivity index (χ0n) is 15.8. The van der Waals surface area contributed by atoms with Crippen molar-refractivity contribution < 1.29 is 9.53 Å². The van der Waals surface area contributed by atoms with Gasteiger partial charge >= 0.3 is 0 Å². The van der Waals surface area contributed by atoms with Crippen LogP contribution < -0.4 is 0 Å². The third kappa shape index (κ3) is 4.59. The summed E-state index contributed by atoms with van der Waals surface area (Å²) in [6.07, 6.45) is 8.66. The number of hydrogen-bond acceptors (Lipinski definition) is 4. The first kappa shape index (κ1) is 18.8. The lowest BCUT2D eigenvalue weighted by Crippen LogP contribution is -2.39. The lowest BCUT2D eigenvalue weighted by atomic mass is 9.94. The molecule has 1 unspecified atom stereocenters. The van der Waals surface area contributed by atoms with Crippen LogP contribution in [-0.2, 0) is 16.1 Å². The molecule has 2 fully saturated rings. The van der Waals surface area contributed by atoms with E-state index in [9.17, 15) is 4.79 Å². The Kier molecular flexibility index (Phi) is 6.44. The molecule has 25 heavy (non-hydrogen) atoms. The lowest BCUT2D eigenvalue weighted by molar-refractivity contribution is -0.129. The highest BCUT2D eigenvalue weighted by Gasteiger charge is 2.24. The van der Waals surface area contributed by atoms with Crippen LogP contribution in [0.15, 0.2) is 5.16 Å². The molecule has 1 aliphatic carbocycles. The number of imidazole rings is 1. The molecule has 0 bridgehead atoms. The van der Waals surface area contributed by atoms with E-state index in [1.807, 2.05) is 18.9 Å². The SMILES string of the molecule is Cc1nc(SCC(=O)N(C)C2CCCCC2)n(CC2CCCO2)c1C. The van der Waals surface area contributed by atoms with Gasteiger partial charge in [-0.1, -0.05) is 31.0 Å². The summed E-state index contributed by atoms with van der Waals surface area (Å²) in [5.41, 5.74) is 2.24. The summed E-state index contributed by atoms with van der Waals surface area (Å²) in [4.78, 5) is 19.3. The van der Waals surface area contributed by atoms with Crippen molar-refractivity contribution in [2.75, 3.05) is 19.4 Å². The second-order valence-electron chi connectivity index (χ2n) is 7.40. The Morgan fingerprint density at radius 2 is 2.00 bits per heavy atom. The topological polar surface area (TPSA) is 47.4 Å². The highest BCUT2D eigenvalue weighted by Crippen LogP contribution is 2.26. The molecule has 1 saturated heterocycles. The average Bonchev–Trinajstić information content (AvgIpc) is 3.24. The second kappa shape index (κ2) is 8.58. The fourth-order valence-corrected chi connectivity index (χ4v) is 4.87. The number of rotatable bonds is 6. The summed E-state index contributed by atoms with van der Waals surface area (Å²) >= 11 is 1.57. The Balaban J connectivity index is 1.60. The van der Waals surface area contributed by atoms with Crippen LogP contribution in [0.4, 0.5) is 0 Å². The van der Waals surface area contributed by atoms with Crippen LogP contribution in [0.5, 0.6) is 0 Å². The molecule has 1 saturated carbocycles. The van der Waals surface area contributed by atoms with Gasteiger partial charge < -0.3 is 14.2 Å². The summed E-state index contributed by atoms with van der Waals surface area (Å²) in [5.74, 6) is 0.688. The number of hydrogen-bond donors (Lipinski definition) is 0. The van der Waals surface area contributed by atoms with Crippen LogP contribution in [0.3, 0.4) is 0 Å². The highest BCUT2D eigenvalue weighted by atomic mass is 32.2. The monoisotopic (exact) mass is 365 g/mol. The van der Waals surface area contributed by atoms with Crippen LogP contribution >= 0.6 is 11.8 Å². The lowest BCUT2D eigenvalue weighted by Gasteiger charge is -2.31. The molecule has 1 amide bonds. The van der Waals surface area contributed by atoms with Crippen molar-refractivity contribution in [3.63, 3.8) is 0 Å². The Labute approximate surface area is 155 Å². The molecule has 2 heterocycles. The molecule has 1 aliphatic heterocycles. The third-order valence-electron chi connectivity index (χ3n) is 5.67. The van der Waals surface area contributed by atoms with Crippen LogP contribution in [-0.4, -0.2) is 51.9 Å². The molecule has 0 aromatic carbocycles. The fraction of sp³-hybridized carbons (Fsp3) is 0.789. The third-order valence-corrected chi connectivity index (χ3v) is 6.63. The molecule has 140 valence electrons. The van der Waals surface area contributed by atoms with Crippen molar-refractivity contribution in [3.8, 4) is 0 Å². The minimum Gasteiger partial charge on any atom is -0.376 e. The molecular weight excluding hydrogens is 334 g/mol. The number of aryl methyl sites for hydroxylation is 1. The maximum absolute atomic E-state index is 12.6. The van der Waals surface area contributed by atoms with Gasteiger partial charge in [0.15, 0.2) is 5.16 Å². The first-order valence-corrected chi connectivity index (χ1v) is 10.6. The molecule has 1 aromatic rings. The first-order chi connectivity index (χ1) is 12.1. The molecule has 0 spiro atoms. The van der Waals surface area contributed by atoms with E-state index in [2.05, 4.69) is 11.5 Å². The van der Waals surface area contributed by atoms with Gasteiger partial charge in [-0.15, -0.1) is 0 Å². The minimum atomic E-state index is 0.221. The summed E-state index contributed by atoms with van der Waals surface area (Å²) in [7, 11) is 1.97. The van der Waals surface area contributed by atoms with Gasteiger partial charge in [0, 0.05) is 25.4 Å². The van der Waals surface area contributed by atoms with Crippen molar-refractivity contribution in [3.05, 3.63) is 11.4 Å². The van der Waals surface area contributed by atoms with Crippen LogP contribution in [0.2, 0.25) is 0 Å². The summed E-state index contributed by atoms with van der Waals surface area (Å²) in [6, 6.07) is 0.428. The molecule has 1 atom stereocenters. The molecule has 5 nitrogen and oxygen atoms in total. The van der Waals surface area contributed by atoms with Gasteiger partial charge in [-0.3, -0.25) is 4.79 Å². The predicted octanol–water partition coefficient (Wildman–Crippen LogP) is 3.56. The standard InChI is InChI=1S/C19H31N3O2S/c1-14-15(2)22(12-17-10-7-11-24-17)19(20-14)25-13-18(23)21(3)16-8-5-4-6-9-16/h16-17H,4-13H2,1-3H3. The molecule has 1 aromatic heterocycles. The van der Waals surface area contributed by atoms with Crippen LogP contribution in [0.25, 0.3) is 0 Å². The molecule has 0 N–H and O–H groups in total. The van der Waals surface area contributed by atoms with Gasteiger partial charge in [-0.05, 0) is 39.5 Å². The fourth-order valence-electron chi connectivity index (χ4n) is 3.84. The second-order valence-corrected chi connectivity index (χ2v) is 8.34. The van der Waals surface area contributed by atoms with E-state index < -0.39 is 0 Å². The van der Waals surface area contributed by atoms with E-state index in [1.165, 1.54) is 25.0 Å². The smallest absolute Gasteiger partial charge is 0.233 e. The van der Waals surface area contributed by atoms with E-state index in [-0.39, 0.29) is 12.0 Å². The van der Waals surface area contributed by atoms with E-state index in [1.54, 1.807) is 11.8 Å². The molecular formula is C19H31N3O2S. The molecule has 0 radical (unpaired) electrons. The van der Waals surface area contributed by atoms with E-state index >= 15 is 0 Å². The number of nitrogens with zero attached hydrogens (tertiary/aromatic N) is 3. The predicted molar refractivity (Wildman–Crippen MR) is 101 cm³/mol. The maximum Gasteiger partial charge on any atom is 0.233 e. The van der Waals surface area contributed by atoms with Crippen molar-refractivity contribution >= 4 is 17.7 Å². The number of amides is 1. The first-order valence-electron chi connectivity index (χ1n) is 9.60. The van der Waals surface area contributed by atoms with Crippen LogP contribution in [0, 0.1) is 13.8 Å². The van der Waals surface area contributed by atoms with Crippen molar-refractivity contribution in [2.24, 2.45) is 0 Å². The normalized spacial score (nSPS) is 21.6. The number of carbonyl (C=O) groups is 1. The minimum absolute atomic E-state index is 0.221. The summed E-state index contributed by atoms with van der Waals surface area (Å²) in [6.45, 7) is 5.87. The van der Waals surface area contributed by atoms with E-state index in [4.69, 9.17) is 9.72 Å². The molecule has 3 rings (SSSR count). The van der Waals surface area contributed by atoms with Crippen molar-refractivity contribution in [2.45, 2.75) is 82.6 Å². The number of aromatic nitrogens is 2. The summed E-state index contributed by atoms with van der Waals surface area (Å²) < 4.78 is 8.03. The van der Waals surface area contributed by atoms with Gasteiger partial charge in [0.25, 0.3) is 0 Å². The zero-order valence-corrected chi connectivity index (χ0v) is 16.6.